The summed E-state index contributed by atoms with van der Waals surface area (Å²) in [4.78, 5) is 41.9. The van der Waals surface area contributed by atoms with Gasteiger partial charge in [-0.15, -0.1) is 0 Å². The number of carbonyl (C=O) groups is 3. The van der Waals surface area contributed by atoms with Gasteiger partial charge >= 0.3 is 0 Å². The van der Waals surface area contributed by atoms with Crippen LogP contribution < -0.4 is 0 Å². The van der Waals surface area contributed by atoms with Gasteiger partial charge in [-0.3, -0.25) is 14.4 Å². The van der Waals surface area contributed by atoms with E-state index < -0.39 is 16.9 Å². The fraction of sp³-hybridized carbons (Fsp3) is 0.833. The third kappa shape index (κ3) is 3.50. The highest BCUT2D eigenvalue weighted by Crippen LogP contribution is 2.71. The topological polar surface area (TPSA) is 69.7 Å². The summed E-state index contributed by atoms with van der Waals surface area (Å²) in [7, 11) is 0. The van der Waals surface area contributed by atoms with E-state index >= 15 is 0 Å². The zero-order chi connectivity index (χ0) is 25.0. The van der Waals surface area contributed by atoms with Crippen LogP contribution in [0.4, 0.5) is 0 Å². The first-order valence-electron chi connectivity index (χ1n) is 14.3. The summed E-state index contributed by atoms with van der Waals surface area (Å²) < 4.78 is 12.8. The molecule has 4 aliphatic carbocycles. The largest absolute Gasteiger partial charge is 0.376 e. The van der Waals surface area contributed by atoms with Gasteiger partial charge in [0.1, 0.15) is 11.9 Å². The van der Waals surface area contributed by atoms with Gasteiger partial charge in [-0.05, 0) is 48.5 Å². The van der Waals surface area contributed by atoms with E-state index in [0.29, 0.717) is 31.6 Å². The number of hydrogen-bond acceptors (Lipinski definition) is 5. The molecule has 2 saturated heterocycles. The molecule has 2 heterocycles. The molecule has 194 valence electrons. The molecule has 6 aliphatic rings. The van der Waals surface area contributed by atoms with Crippen molar-refractivity contribution in [1.82, 2.24) is 0 Å². The van der Waals surface area contributed by atoms with E-state index in [2.05, 4.69) is 27.4 Å². The van der Waals surface area contributed by atoms with Gasteiger partial charge in [-0.25, -0.2) is 0 Å². The van der Waals surface area contributed by atoms with Crippen molar-refractivity contribution < 1.29 is 23.9 Å². The molecular formula is C30H44O5. The standard InChI is InChI=1S/C30H44O5/c1-5-6-7-8-9-10-11-12-15-34-24-25-28(3,4)23-16-22(31)30(25,18-35-23)21-14-13-20-17-29(21,27(24)33)26(32)19(20)2/h20-21,23-25H,2,5-18H2,1,3-4H3/t20-,21-,23-,24+,25-,29+,30-/m1/s1. The summed E-state index contributed by atoms with van der Waals surface area (Å²) in [6, 6.07) is 0. The smallest absolute Gasteiger partial charge is 0.176 e. The maximum atomic E-state index is 14.3. The summed E-state index contributed by atoms with van der Waals surface area (Å²) in [5.41, 5.74) is -1.71. The predicted octanol–water partition coefficient (Wildman–Crippen LogP) is 5.64. The lowest BCUT2D eigenvalue weighted by atomic mass is 9.37. The van der Waals surface area contributed by atoms with Gasteiger partial charge in [0.05, 0.1) is 23.5 Å². The number of allylic oxidation sites excluding steroid dienone is 1. The Hall–Kier alpha value is -1.33. The molecule has 35 heavy (non-hydrogen) atoms. The summed E-state index contributed by atoms with van der Waals surface area (Å²) in [6.07, 6.45) is 11.1. The van der Waals surface area contributed by atoms with Crippen LogP contribution in [0, 0.1) is 34.0 Å². The van der Waals surface area contributed by atoms with Crippen molar-refractivity contribution >= 4 is 17.3 Å². The van der Waals surface area contributed by atoms with Crippen molar-refractivity contribution in [1.29, 1.82) is 0 Å². The zero-order valence-corrected chi connectivity index (χ0v) is 22.0. The van der Waals surface area contributed by atoms with E-state index in [4.69, 9.17) is 9.47 Å². The summed E-state index contributed by atoms with van der Waals surface area (Å²) in [5.74, 6) is -0.425. The van der Waals surface area contributed by atoms with Crippen molar-refractivity contribution in [2.24, 2.45) is 34.0 Å². The van der Waals surface area contributed by atoms with Crippen LogP contribution in [0.2, 0.25) is 0 Å². The van der Waals surface area contributed by atoms with Crippen molar-refractivity contribution in [3.05, 3.63) is 12.2 Å². The van der Waals surface area contributed by atoms with Gasteiger partial charge < -0.3 is 9.47 Å². The Morgan fingerprint density at radius 2 is 1.69 bits per heavy atom. The van der Waals surface area contributed by atoms with Crippen molar-refractivity contribution in [2.45, 2.75) is 110 Å². The van der Waals surface area contributed by atoms with Gasteiger partial charge in [0.25, 0.3) is 0 Å². The van der Waals surface area contributed by atoms with Crippen LogP contribution in [0.15, 0.2) is 12.2 Å². The number of ketones is 3. The first-order valence-corrected chi connectivity index (χ1v) is 14.3. The number of carbonyl (C=O) groups excluding carboxylic acids is 3. The van der Waals surface area contributed by atoms with Crippen LogP contribution >= 0.6 is 0 Å². The van der Waals surface area contributed by atoms with Crippen LogP contribution in [-0.2, 0) is 23.9 Å². The van der Waals surface area contributed by atoms with E-state index in [1.807, 2.05) is 0 Å². The number of unbranched alkanes of at least 4 members (excludes halogenated alkanes) is 7. The average Bonchev–Trinajstić information content (AvgIpc) is 3.02. The third-order valence-electron chi connectivity index (χ3n) is 10.7. The molecule has 0 aromatic rings. The van der Waals surface area contributed by atoms with Crippen molar-refractivity contribution in [3.8, 4) is 0 Å². The van der Waals surface area contributed by atoms with Crippen LogP contribution in [0.5, 0.6) is 0 Å². The first kappa shape index (κ1) is 25.3. The fourth-order valence-electron chi connectivity index (χ4n) is 8.89. The molecule has 6 fully saturated rings. The number of fused-ring (bicyclic) bond motifs is 3. The van der Waals surface area contributed by atoms with Gasteiger partial charge in [0, 0.05) is 18.9 Å². The summed E-state index contributed by atoms with van der Waals surface area (Å²) in [6.45, 7) is 11.4. The SMILES string of the molecule is C=C1C(=O)[C@]23C[C@H]1CC[C@H]2[C@]12CO[C@H](CC1=O)C(C)(C)[C@H]2[C@H](OCCCCCCCCCC)C3=O. The lowest BCUT2D eigenvalue weighted by Crippen LogP contribution is -2.77. The Bertz CT molecular complexity index is 904. The quantitative estimate of drug-likeness (QED) is 0.228. The Kier molecular flexibility index (Phi) is 6.66. The van der Waals surface area contributed by atoms with E-state index in [1.54, 1.807) is 0 Å². The second-order valence-electron chi connectivity index (χ2n) is 12.8. The van der Waals surface area contributed by atoms with E-state index in [9.17, 15) is 14.4 Å². The number of Topliss-reactive ketones (excluding diaryl/α,β-unsaturated/α-hetero) is 3. The molecule has 2 spiro atoms. The zero-order valence-electron chi connectivity index (χ0n) is 22.0. The summed E-state index contributed by atoms with van der Waals surface area (Å²) >= 11 is 0. The van der Waals surface area contributed by atoms with Crippen molar-refractivity contribution in [2.75, 3.05) is 13.2 Å². The van der Waals surface area contributed by atoms with Gasteiger partial charge in [-0.1, -0.05) is 72.3 Å². The second-order valence-corrected chi connectivity index (χ2v) is 12.8. The lowest BCUT2D eigenvalue weighted by Gasteiger charge is -2.68. The normalized spacial score (nSPS) is 41.3. The maximum Gasteiger partial charge on any atom is 0.176 e. The van der Waals surface area contributed by atoms with Gasteiger partial charge in [-0.2, -0.15) is 0 Å². The van der Waals surface area contributed by atoms with Crippen molar-refractivity contribution in [3.63, 3.8) is 0 Å². The van der Waals surface area contributed by atoms with E-state index in [0.717, 1.165) is 25.7 Å². The first-order chi connectivity index (χ1) is 16.7. The molecule has 4 saturated carbocycles. The number of hydrogen-bond donors (Lipinski definition) is 0. The lowest BCUT2D eigenvalue weighted by molar-refractivity contribution is -0.272. The molecular weight excluding hydrogens is 440 g/mol. The highest BCUT2D eigenvalue weighted by molar-refractivity contribution is 6.19. The molecule has 2 aliphatic heterocycles. The molecule has 6 rings (SSSR count). The van der Waals surface area contributed by atoms with Crippen LogP contribution in [0.1, 0.15) is 97.8 Å². The molecule has 5 nitrogen and oxygen atoms in total. The summed E-state index contributed by atoms with van der Waals surface area (Å²) in [5, 5.41) is 0. The second kappa shape index (κ2) is 9.20. The highest BCUT2D eigenvalue weighted by Gasteiger charge is 2.79. The Morgan fingerprint density at radius 3 is 2.37 bits per heavy atom. The monoisotopic (exact) mass is 484 g/mol. The molecule has 0 radical (unpaired) electrons. The molecule has 0 unspecified atom stereocenters. The molecule has 0 aromatic carbocycles. The Morgan fingerprint density at radius 1 is 1.00 bits per heavy atom. The molecule has 4 bridgehead atoms. The van der Waals surface area contributed by atoms with Crippen LogP contribution in [0.3, 0.4) is 0 Å². The van der Waals surface area contributed by atoms with Crippen LogP contribution in [0.25, 0.3) is 0 Å². The van der Waals surface area contributed by atoms with Gasteiger partial charge in [0.15, 0.2) is 11.6 Å². The number of rotatable bonds is 10. The molecule has 0 amide bonds. The average molecular weight is 485 g/mol. The molecule has 0 aromatic heterocycles. The number of ether oxygens (including phenoxy) is 2. The maximum absolute atomic E-state index is 14.3. The van der Waals surface area contributed by atoms with E-state index in [-0.39, 0.29) is 46.6 Å². The molecule has 0 N–H and O–H groups in total. The molecule has 7 atom stereocenters. The fourth-order valence-corrected chi connectivity index (χ4v) is 8.89. The van der Waals surface area contributed by atoms with Gasteiger partial charge in [0.2, 0.25) is 0 Å². The van der Waals surface area contributed by atoms with E-state index in [1.165, 1.54) is 38.5 Å². The predicted molar refractivity (Wildman–Crippen MR) is 134 cm³/mol. The minimum absolute atomic E-state index is 0.0561. The molecule has 5 heteroatoms. The third-order valence-corrected chi connectivity index (χ3v) is 10.7. The minimum atomic E-state index is -1.14. The highest BCUT2D eigenvalue weighted by atomic mass is 16.5. The Balaban J connectivity index is 1.39. The van der Waals surface area contributed by atoms with Crippen LogP contribution in [-0.4, -0.2) is 42.8 Å². The Labute approximate surface area is 210 Å². The minimum Gasteiger partial charge on any atom is -0.376 e.